The Morgan fingerprint density at radius 2 is 2.07 bits per heavy atom. The molecule has 1 atom stereocenters. The van der Waals surface area contributed by atoms with Crippen LogP contribution in [0.4, 0.5) is 0 Å². The summed E-state index contributed by atoms with van der Waals surface area (Å²) in [5, 5.41) is 3.71. The van der Waals surface area contributed by atoms with Crippen molar-refractivity contribution in [1.29, 1.82) is 0 Å². The van der Waals surface area contributed by atoms with Crippen molar-refractivity contribution in [1.82, 2.24) is 5.09 Å². The van der Waals surface area contributed by atoms with Crippen LogP contribution in [0.15, 0.2) is 0 Å². The maximum absolute atomic E-state index is 12.0. The van der Waals surface area contributed by atoms with Crippen LogP contribution in [-0.2, 0) is 13.6 Å². The van der Waals surface area contributed by atoms with Gasteiger partial charge in [-0.05, 0) is 19.3 Å². The molecule has 0 aromatic rings. The van der Waals surface area contributed by atoms with Crippen LogP contribution in [0.1, 0.15) is 27.2 Å². The normalized spacial score (nSPS) is 15.5. The van der Waals surface area contributed by atoms with E-state index in [9.17, 15) is 4.57 Å². The monoisotopic (exact) mass is 301 g/mol. The smallest absolute Gasteiger partial charge is 0.297 e. The zero-order valence-corrected chi connectivity index (χ0v) is 12.1. The van der Waals surface area contributed by atoms with Gasteiger partial charge in [0.2, 0.25) is 0 Å². The molecule has 4 nitrogen and oxygen atoms in total. The lowest BCUT2D eigenvalue weighted by Crippen LogP contribution is -2.18. The minimum atomic E-state index is -3.07. The number of hydrogen-bond acceptors (Lipinski definition) is 3. The first kappa shape index (κ1) is 15.6. The standard InChI is InChI=1S/C9H21BrNO3P/c1-4-13-15(12,11-7-5-6-10)14-8-9(2)3/h9H,4-8H2,1-3H3,(H,11,12). The van der Waals surface area contributed by atoms with E-state index in [1.165, 1.54) is 0 Å². The highest BCUT2D eigenvalue weighted by atomic mass is 79.9. The van der Waals surface area contributed by atoms with Crippen molar-refractivity contribution >= 4 is 23.7 Å². The SMILES string of the molecule is CCOP(=O)(NCCCBr)OCC(C)C. The van der Waals surface area contributed by atoms with E-state index in [0.717, 1.165) is 11.8 Å². The van der Waals surface area contributed by atoms with Gasteiger partial charge < -0.3 is 0 Å². The fourth-order valence-electron chi connectivity index (χ4n) is 0.829. The van der Waals surface area contributed by atoms with Gasteiger partial charge in [0.15, 0.2) is 0 Å². The van der Waals surface area contributed by atoms with Crippen molar-refractivity contribution in [3.8, 4) is 0 Å². The van der Waals surface area contributed by atoms with Crippen LogP contribution in [0.25, 0.3) is 0 Å². The topological polar surface area (TPSA) is 47.6 Å². The van der Waals surface area contributed by atoms with Crippen molar-refractivity contribution in [3.05, 3.63) is 0 Å². The molecule has 0 saturated heterocycles. The van der Waals surface area contributed by atoms with Crippen molar-refractivity contribution in [2.24, 2.45) is 5.92 Å². The second-order valence-electron chi connectivity index (χ2n) is 3.56. The van der Waals surface area contributed by atoms with Crippen LogP contribution in [0.2, 0.25) is 0 Å². The van der Waals surface area contributed by atoms with E-state index in [1.807, 2.05) is 13.8 Å². The molecule has 0 bridgehead atoms. The van der Waals surface area contributed by atoms with Gasteiger partial charge in [0.25, 0.3) is 0 Å². The minimum absolute atomic E-state index is 0.344. The van der Waals surface area contributed by atoms with Gasteiger partial charge in [0.05, 0.1) is 13.2 Å². The molecule has 6 heteroatoms. The summed E-state index contributed by atoms with van der Waals surface area (Å²) in [4.78, 5) is 0. The summed E-state index contributed by atoms with van der Waals surface area (Å²) in [6.45, 7) is 7.27. The van der Waals surface area contributed by atoms with E-state index in [2.05, 4.69) is 21.0 Å². The fraction of sp³-hybridized carbons (Fsp3) is 1.00. The van der Waals surface area contributed by atoms with Crippen molar-refractivity contribution in [3.63, 3.8) is 0 Å². The number of nitrogens with one attached hydrogen (secondary N) is 1. The van der Waals surface area contributed by atoms with Gasteiger partial charge in [0, 0.05) is 11.9 Å². The Morgan fingerprint density at radius 3 is 2.53 bits per heavy atom. The molecule has 1 unspecified atom stereocenters. The lowest BCUT2D eigenvalue weighted by Gasteiger charge is -2.19. The highest BCUT2D eigenvalue weighted by Crippen LogP contribution is 2.43. The third-order valence-electron chi connectivity index (χ3n) is 1.49. The summed E-state index contributed by atoms with van der Waals surface area (Å²) < 4.78 is 22.4. The molecule has 0 amide bonds. The number of halogens is 1. The average Bonchev–Trinajstić information content (AvgIpc) is 2.16. The Balaban J connectivity index is 4.00. The molecule has 0 spiro atoms. The molecule has 0 aliphatic rings. The molecule has 0 aromatic carbocycles. The molecule has 0 saturated carbocycles. The zero-order valence-electron chi connectivity index (χ0n) is 9.66. The summed E-state index contributed by atoms with van der Waals surface area (Å²) in [7, 11) is -3.07. The summed E-state index contributed by atoms with van der Waals surface area (Å²) in [6, 6.07) is 0. The van der Waals surface area contributed by atoms with Crippen molar-refractivity contribution < 1.29 is 13.6 Å². The van der Waals surface area contributed by atoms with Crippen molar-refractivity contribution in [2.45, 2.75) is 27.2 Å². The first-order valence-corrected chi connectivity index (χ1v) is 7.90. The second kappa shape index (κ2) is 8.71. The summed E-state index contributed by atoms with van der Waals surface area (Å²) in [5.41, 5.74) is 0. The number of rotatable bonds is 9. The predicted octanol–water partition coefficient (Wildman–Crippen LogP) is 3.18. The highest BCUT2D eigenvalue weighted by Gasteiger charge is 2.23. The molecule has 92 valence electrons. The Hall–Kier alpha value is 0.590. The van der Waals surface area contributed by atoms with E-state index >= 15 is 0 Å². The predicted molar refractivity (Wildman–Crippen MR) is 66.4 cm³/mol. The van der Waals surface area contributed by atoms with Crippen LogP contribution < -0.4 is 5.09 Å². The van der Waals surface area contributed by atoms with Crippen LogP contribution in [0.3, 0.4) is 0 Å². The quantitative estimate of drug-likeness (QED) is 0.404. The van der Waals surface area contributed by atoms with Gasteiger partial charge >= 0.3 is 7.75 Å². The second-order valence-corrected chi connectivity index (χ2v) is 6.18. The average molecular weight is 302 g/mol. The molecular weight excluding hydrogens is 281 g/mol. The Bertz CT molecular complexity index is 202. The van der Waals surface area contributed by atoms with Gasteiger partial charge in [-0.2, -0.15) is 0 Å². The minimum Gasteiger partial charge on any atom is -0.297 e. The molecule has 0 aliphatic carbocycles. The molecule has 15 heavy (non-hydrogen) atoms. The first-order valence-electron chi connectivity index (χ1n) is 5.24. The lowest BCUT2D eigenvalue weighted by atomic mass is 10.2. The third kappa shape index (κ3) is 8.40. The van der Waals surface area contributed by atoms with Gasteiger partial charge in [-0.15, -0.1) is 0 Å². The molecule has 0 fully saturated rings. The van der Waals surface area contributed by atoms with Crippen LogP contribution >= 0.6 is 23.7 Å². The molecule has 0 radical (unpaired) electrons. The molecular formula is C9H21BrNO3P. The van der Waals surface area contributed by atoms with Crippen LogP contribution in [-0.4, -0.2) is 25.1 Å². The van der Waals surface area contributed by atoms with Gasteiger partial charge in [-0.1, -0.05) is 29.8 Å². The van der Waals surface area contributed by atoms with Gasteiger partial charge in [-0.25, -0.2) is 9.65 Å². The van der Waals surface area contributed by atoms with E-state index in [0.29, 0.717) is 25.7 Å². The van der Waals surface area contributed by atoms with E-state index in [1.54, 1.807) is 6.92 Å². The van der Waals surface area contributed by atoms with Crippen molar-refractivity contribution in [2.75, 3.05) is 25.1 Å². The van der Waals surface area contributed by atoms with Gasteiger partial charge in [-0.3, -0.25) is 9.05 Å². The van der Waals surface area contributed by atoms with E-state index in [-0.39, 0.29) is 0 Å². The molecule has 0 heterocycles. The summed E-state index contributed by atoms with van der Waals surface area (Å²) >= 11 is 3.31. The maximum Gasteiger partial charge on any atom is 0.405 e. The van der Waals surface area contributed by atoms with Gasteiger partial charge in [0.1, 0.15) is 0 Å². The molecule has 0 aromatic heterocycles. The maximum atomic E-state index is 12.0. The Labute approximate surface area is 101 Å². The van der Waals surface area contributed by atoms with E-state index in [4.69, 9.17) is 9.05 Å². The zero-order chi connectivity index (χ0) is 11.7. The molecule has 1 N–H and O–H groups in total. The fourth-order valence-corrected chi connectivity index (χ4v) is 2.63. The van der Waals surface area contributed by atoms with E-state index < -0.39 is 7.75 Å². The Morgan fingerprint density at radius 1 is 1.40 bits per heavy atom. The first-order chi connectivity index (χ1) is 7.04. The molecule has 0 rings (SSSR count). The Kier molecular flexibility index (Phi) is 9.05. The molecule has 0 aliphatic heterocycles. The van der Waals surface area contributed by atoms with Crippen LogP contribution in [0.5, 0.6) is 0 Å². The van der Waals surface area contributed by atoms with Crippen LogP contribution in [0, 0.1) is 5.92 Å². The largest absolute Gasteiger partial charge is 0.405 e. The lowest BCUT2D eigenvalue weighted by molar-refractivity contribution is 0.185. The summed E-state index contributed by atoms with van der Waals surface area (Å²) in [5.74, 6) is 0.344. The third-order valence-corrected chi connectivity index (χ3v) is 3.75. The highest BCUT2D eigenvalue weighted by molar-refractivity contribution is 9.09. The summed E-state index contributed by atoms with van der Waals surface area (Å²) in [6.07, 6.45) is 0.891. The number of hydrogen-bond donors (Lipinski definition) is 1. The number of alkyl halides is 1.